The Morgan fingerprint density at radius 3 is 2.83 bits per heavy atom. The average Bonchev–Trinajstić information content (AvgIpc) is 3.43. The summed E-state index contributed by atoms with van der Waals surface area (Å²) < 4.78 is 43.9. The standard InChI is InChI=1S/C25H27F3N6O/c1-17-11-18(12-30-24(17)35-16-25(26,27)28)13-34-15-20-21(31-34)7-8-29-23(20)33-10-3-5-19(14-33)22-6-4-9-32(22)2/h3,5,7-8,11-12,14-15,22H,4,6,9-10,13,16H2,1-2H3. The molecule has 1 unspecified atom stereocenters. The Labute approximate surface area is 201 Å². The maximum atomic E-state index is 12.4. The van der Waals surface area contributed by atoms with Crippen LogP contribution in [-0.2, 0) is 6.54 Å². The lowest BCUT2D eigenvalue weighted by Crippen LogP contribution is -2.30. The van der Waals surface area contributed by atoms with Gasteiger partial charge in [0.1, 0.15) is 5.82 Å². The summed E-state index contributed by atoms with van der Waals surface area (Å²) in [6.07, 6.45) is 9.77. The van der Waals surface area contributed by atoms with Crippen molar-refractivity contribution in [2.75, 3.05) is 31.6 Å². The van der Waals surface area contributed by atoms with Crippen LogP contribution in [0, 0.1) is 6.92 Å². The smallest absolute Gasteiger partial charge is 0.422 e. The topological polar surface area (TPSA) is 59.3 Å². The summed E-state index contributed by atoms with van der Waals surface area (Å²) in [5.41, 5.74) is 3.47. The van der Waals surface area contributed by atoms with E-state index in [0.717, 1.165) is 41.8 Å². The summed E-state index contributed by atoms with van der Waals surface area (Å²) in [6.45, 7) is 2.59. The number of alkyl halides is 3. The SMILES string of the molecule is Cc1cc(Cn2cc3c(N4C=C(C5CCCN5C)C=CC4)nccc3n2)cnc1OCC(F)(F)F. The molecule has 0 N–H and O–H groups in total. The molecular weight excluding hydrogens is 457 g/mol. The summed E-state index contributed by atoms with van der Waals surface area (Å²) in [7, 11) is 2.17. The van der Waals surface area contributed by atoms with Gasteiger partial charge in [-0.05, 0) is 56.6 Å². The normalized spacial score (nSPS) is 18.9. The number of likely N-dealkylation sites (N-methyl/N-ethyl adjacent to an activating group) is 1. The lowest BCUT2D eigenvalue weighted by atomic mass is 10.0. The molecule has 3 aromatic heterocycles. The van der Waals surface area contributed by atoms with Gasteiger partial charge in [-0.3, -0.25) is 9.58 Å². The number of hydrogen-bond donors (Lipinski definition) is 0. The average molecular weight is 485 g/mol. The van der Waals surface area contributed by atoms with Gasteiger partial charge in [0.05, 0.1) is 17.4 Å². The third-order valence-electron chi connectivity index (χ3n) is 6.36. The first kappa shape index (κ1) is 23.3. The second-order valence-electron chi connectivity index (χ2n) is 9.09. The highest BCUT2D eigenvalue weighted by atomic mass is 19.4. The maximum Gasteiger partial charge on any atom is 0.422 e. The Morgan fingerprint density at radius 1 is 1.23 bits per heavy atom. The quantitative estimate of drug-likeness (QED) is 0.514. The van der Waals surface area contributed by atoms with Crippen molar-refractivity contribution in [3.63, 3.8) is 0 Å². The van der Waals surface area contributed by atoms with Gasteiger partial charge in [-0.1, -0.05) is 12.2 Å². The van der Waals surface area contributed by atoms with Crippen molar-refractivity contribution in [3.8, 4) is 5.88 Å². The summed E-state index contributed by atoms with van der Waals surface area (Å²) >= 11 is 0. The van der Waals surface area contributed by atoms with Gasteiger partial charge >= 0.3 is 6.18 Å². The molecule has 5 rings (SSSR count). The minimum atomic E-state index is -4.40. The number of pyridine rings is 2. The van der Waals surface area contributed by atoms with E-state index in [-0.39, 0.29) is 5.88 Å². The minimum Gasteiger partial charge on any atom is -0.468 e. The third-order valence-corrected chi connectivity index (χ3v) is 6.36. The van der Waals surface area contributed by atoms with E-state index < -0.39 is 12.8 Å². The number of halogens is 3. The molecule has 1 fully saturated rings. The number of likely N-dealkylation sites (tertiary alicyclic amines) is 1. The Morgan fingerprint density at radius 2 is 2.09 bits per heavy atom. The summed E-state index contributed by atoms with van der Waals surface area (Å²) in [4.78, 5) is 13.3. The van der Waals surface area contributed by atoms with E-state index in [4.69, 9.17) is 4.74 Å². The van der Waals surface area contributed by atoms with Crippen molar-refractivity contribution in [3.05, 3.63) is 65.8 Å². The van der Waals surface area contributed by atoms with Gasteiger partial charge in [0.2, 0.25) is 5.88 Å². The van der Waals surface area contributed by atoms with Gasteiger partial charge in [-0.25, -0.2) is 9.97 Å². The molecule has 0 aliphatic carbocycles. The van der Waals surface area contributed by atoms with Gasteiger partial charge in [-0.15, -0.1) is 0 Å². The maximum absolute atomic E-state index is 12.4. The van der Waals surface area contributed by atoms with E-state index in [2.05, 4.69) is 50.3 Å². The molecule has 0 bridgehead atoms. The number of aryl methyl sites for hydroxylation is 1. The van der Waals surface area contributed by atoms with Crippen LogP contribution in [0.4, 0.5) is 19.0 Å². The van der Waals surface area contributed by atoms with Gasteiger partial charge in [0, 0.05) is 42.9 Å². The van der Waals surface area contributed by atoms with Crippen molar-refractivity contribution in [2.24, 2.45) is 0 Å². The number of anilines is 1. The molecule has 3 aromatic rings. The van der Waals surface area contributed by atoms with Crippen LogP contribution in [0.1, 0.15) is 24.0 Å². The fourth-order valence-electron chi connectivity index (χ4n) is 4.74. The van der Waals surface area contributed by atoms with Crippen LogP contribution in [0.3, 0.4) is 0 Å². The van der Waals surface area contributed by atoms with Gasteiger partial charge < -0.3 is 9.64 Å². The van der Waals surface area contributed by atoms with Gasteiger partial charge in [0.15, 0.2) is 6.61 Å². The van der Waals surface area contributed by atoms with Crippen molar-refractivity contribution in [2.45, 2.75) is 38.5 Å². The molecule has 7 nitrogen and oxygen atoms in total. The molecule has 0 saturated carbocycles. The zero-order valence-corrected chi connectivity index (χ0v) is 19.7. The Hall–Kier alpha value is -3.40. The molecule has 2 aliphatic heterocycles. The van der Waals surface area contributed by atoms with Crippen LogP contribution >= 0.6 is 0 Å². The molecule has 10 heteroatoms. The lowest BCUT2D eigenvalue weighted by Gasteiger charge is -2.27. The van der Waals surface area contributed by atoms with Crippen molar-refractivity contribution in [1.82, 2.24) is 24.6 Å². The van der Waals surface area contributed by atoms with Crippen molar-refractivity contribution in [1.29, 1.82) is 0 Å². The van der Waals surface area contributed by atoms with Crippen LogP contribution in [0.2, 0.25) is 0 Å². The van der Waals surface area contributed by atoms with Crippen LogP contribution in [0.25, 0.3) is 10.9 Å². The predicted molar refractivity (Wildman–Crippen MR) is 127 cm³/mol. The molecule has 0 amide bonds. The fourth-order valence-corrected chi connectivity index (χ4v) is 4.74. The van der Waals surface area contributed by atoms with E-state index >= 15 is 0 Å². The predicted octanol–water partition coefficient (Wildman–Crippen LogP) is 4.48. The summed E-state index contributed by atoms with van der Waals surface area (Å²) in [5, 5.41) is 5.63. The van der Waals surface area contributed by atoms with Crippen molar-refractivity contribution < 1.29 is 17.9 Å². The number of fused-ring (bicyclic) bond motifs is 1. The number of nitrogens with zero attached hydrogens (tertiary/aromatic N) is 6. The van der Waals surface area contributed by atoms with E-state index in [1.807, 2.05) is 12.3 Å². The summed E-state index contributed by atoms with van der Waals surface area (Å²) in [5.74, 6) is 0.832. The van der Waals surface area contributed by atoms with Gasteiger partial charge in [0.25, 0.3) is 0 Å². The largest absolute Gasteiger partial charge is 0.468 e. The minimum absolute atomic E-state index is 0.0168. The Bertz CT molecular complexity index is 1280. The van der Waals surface area contributed by atoms with E-state index in [1.165, 1.54) is 18.2 Å². The molecule has 35 heavy (non-hydrogen) atoms. The lowest BCUT2D eigenvalue weighted by molar-refractivity contribution is -0.154. The second-order valence-corrected chi connectivity index (χ2v) is 9.09. The van der Waals surface area contributed by atoms with Gasteiger partial charge in [-0.2, -0.15) is 18.3 Å². The van der Waals surface area contributed by atoms with E-state index in [1.54, 1.807) is 23.9 Å². The molecule has 2 aliphatic rings. The molecule has 1 atom stereocenters. The molecule has 0 radical (unpaired) electrons. The van der Waals surface area contributed by atoms with Crippen molar-refractivity contribution >= 4 is 16.7 Å². The highest BCUT2D eigenvalue weighted by molar-refractivity contribution is 5.89. The van der Waals surface area contributed by atoms with E-state index in [0.29, 0.717) is 18.2 Å². The fraction of sp³-hybridized carbons (Fsp3) is 0.400. The zero-order valence-electron chi connectivity index (χ0n) is 19.7. The molecule has 5 heterocycles. The summed E-state index contributed by atoms with van der Waals surface area (Å²) in [6, 6.07) is 4.07. The molecule has 0 aromatic carbocycles. The van der Waals surface area contributed by atoms with E-state index in [9.17, 15) is 13.2 Å². The monoisotopic (exact) mass is 484 g/mol. The molecular formula is C25H27F3N6O. The number of ether oxygens (including phenoxy) is 1. The van der Waals surface area contributed by atoms with Crippen LogP contribution in [-0.4, -0.2) is 63.6 Å². The van der Waals surface area contributed by atoms with Crippen LogP contribution in [0.5, 0.6) is 5.88 Å². The number of aromatic nitrogens is 4. The first-order chi connectivity index (χ1) is 16.8. The highest BCUT2D eigenvalue weighted by Gasteiger charge is 2.29. The second kappa shape index (κ2) is 9.33. The molecule has 1 saturated heterocycles. The van der Waals surface area contributed by atoms with Crippen LogP contribution in [0.15, 0.2) is 54.6 Å². The zero-order chi connectivity index (χ0) is 24.6. The first-order valence-electron chi connectivity index (χ1n) is 11.6. The number of rotatable bonds is 6. The Balaban J connectivity index is 1.36. The highest BCUT2D eigenvalue weighted by Crippen LogP contribution is 2.30. The molecule has 0 spiro atoms. The third kappa shape index (κ3) is 5.17. The van der Waals surface area contributed by atoms with Crippen LogP contribution < -0.4 is 9.64 Å². The first-order valence-corrected chi connectivity index (χ1v) is 11.6. The number of hydrogen-bond acceptors (Lipinski definition) is 6. The Kier molecular flexibility index (Phi) is 6.22. The molecule has 184 valence electrons.